The second kappa shape index (κ2) is 7.53. The number of nitrogens with one attached hydrogen (secondary N) is 2. The van der Waals surface area contributed by atoms with E-state index in [2.05, 4.69) is 43.0 Å². The van der Waals surface area contributed by atoms with Crippen molar-refractivity contribution in [1.29, 1.82) is 0 Å². The van der Waals surface area contributed by atoms with Crippen molar-refractivity contribution < 1.29 is 0 Å². The minimum absolute atomic E-state index is 0.190. The van der Waals surface area contributed by atoms with Crippen LogP contribution in [0.2, 0.25) is 0 Å². The molecule has 6 nitrogen and oxygen atoms in total. The molecule has 5 rings (SSSR count). The first kappa shape index (κ1) is 18.2. The quantitative estimate of drug-likeness (QED) is 0.324. The van der Waals surface area contributed by atoms with Gasteiger partial charge in [-0.2, -0.15) is 5.10 Å². The molecule has 7 heteroatoms. The monoisotopic (exact) mass is 411 g/mol. The standard InChI is InChI=1S/C23H17N5OS/c1-14-7-8-19-16(9-14)10-17(22(29)27-19)11-26-28-21-20-18(15-5-3-2-4-6-15)12-30-23(20)25-13-24-21/h2-13H,1H3,(H,27,29)(H,24,25,28)/b26-11+. The molecule has 0 saturated heterocycles. The van der Waals surface area contributed by atoms with Crippen molar-refractivity contribution >= 4 is 44.5 Å². The van der Waals surface area contributed by atoms with Gasteiger partial charge < -0.3 is 4.98 Å². The number of fused-ring (bicyclic) bond motifs is 2. The van der Waals surface area contributed by atoms with Crippen LogP contribution in [0.25, 0.3) is 32.2 Å². The number of aromatic amines is 1. The number of hydrogen-bond donors (Lipinski definition) is 2. The molecule has 0 fully saturated rings. The van der Waals surface area contributed by atoms with Crippen LogP contribution in [0.5, 0.6) is 0 Å². The fraction of sp³-hybridized carbons (Fsp3) is 0.0435. The smallest absolute Gasteiger partial charge is 0.257 e. The van der Waals surface area contributed by atoms with Gasteiger partial charge in [0, 0.05) is 16.5 Å². The van der Waals surface area contributed by atoms with Gasteiger partial charge >= 0.3 is 0 Å². The Morgan fingerprint density at radius 1 is 1.10 bits per heavy atom. The van der Waals surface area contributed by atoms with E-state index in [0.717, 1.165) is 37.8 Å². The molecule has 0 radical (unpaired) electrons. The fourth-order valence-corrected chi connectivity index (χ4v) is 4.31. The third kappa shape index (κ3) is 3.35. The lowest BCUT2D eigenvalue weighted by molar-refractivity contribution is 1.19. The highest BCUT2D eigenvalue weighted by Gasteiger charge is 2.12. The summed E-state index contributed by atoms with van der Waals surface area (Å²) in [6.45, 7) is 2.02. The highest BCUT2D eigenvalue weighted by molar-refractivity contribution is 7.17. The summed E-state index contributed by atoms with van der Waals surface area (Å²) in [4.78, 5) is 24.9. The van der Waals surface area contributed by atoms with Gasteiger partial charge in [-0.3, -0.25) is 10.2 Å². The molecule has 0 saturated carbocycles. The Kier molecular flexibility index (Phi) is 4.57. The Balaban J connectivity index is 1.50. The Bertz CT molecular complexity index is 1450. The van der Waals surface area contributed by atoms with E-state index in [1.54, 1.807) is 11.3 Å². The molecule has 5 aromatic rings. The number of rotatable bonds is 4. The minimum Gasteiger partial charge on any atom is -0.321 e. The maximum atomic E-state index is 12.4. The molecule has 30 heavy (non-hydrogen) atoms. The van der Waals surface area contributed by atoms with Gasteiger partial charge in [0.2, 0.25) is 0 Å². The second-order valence-corrected chi connectivity index (χ2v) is 7.79. The molecule has 0 atom stereocenters. The first-order valence-electron chi connectivity index (χ1n) is 9.39. The van der Waals surface area contributed by atoms with E-state index < -0.39 is 0 Å². The zero-order valence-electron chi connectivity index (χ0n) is 16.1. The zero-order chi connectivity index (χ0) is 20.5. The molecule has 3 heterocycles. The van der Waals surface area contributed by atoms with Crippen LogP contribution in [0.4, 0.5) is 5.82 Å². The summed E-state index contributed by atoms with van der Waals surface area (Å²) in [5.74, 6) is 0.601. The van der Waals surface area contributed by atoms with Gasteiger partial charge in [-0.1, -0.05) is 42.0 Å². The summed E-state index contributed by atoms with van der Waals surface area (Å²) < 4.78 is 0. The molecular weight excluding hydrogens is 394 g/mol. The first-order valence-corrected chi connectivity index (χ1v) is 10.3. The van der Waals surface area contributed by atoms with Crippen LogP contribution in [-0.4, -0.2) is 21.2 Å². The van der Waals surface area contributed by atoms with E-state index in [0.29, 0.717) is 11.4 Å². The summed E-state index contributed by atoms with van der Waals surface area (Å²) in [5.41, 5.74) is 7.35. The fourth-order valence-electron chi connectivity index (χ4n) is 3.39. The summed E-state index contributed by atoms with van der Waals surface area (Å²) in [7, 11) is 0. The number of benzene rings is 2. The molecule has 2 aromatic carbocycles. The first-order chi connectivity index (χ1) is 14.7. The van der Waals surface area contributed by atoms with Crippen molar-refractivity contribution in [2.75, 3.05) is 5.43 Å². The molecule has 0 aliphatic carbocycles. The van der Waals surface area contributed by atoms with Crippen molar-refractivity contribution in [1.82, 2.24) is 15.0 Å². The van der Waals surface area contributed by atoms with E-state index in [-0.39, 0.29) is 5.56 Å². The number of aryl methyl sites for hydroxylation is 1. The van der Waals surface area contributed by atoms with Crippen LogP contribution in [0, 0.1) is 6.92 Å². The lowest BCUT2D eigenvalue weighted by Crippen LogP contribution is -2.12. The Labute approximate surface area is 176 Å². The number of aromatic nitrogens is 3. The summed E-state index contributed by atoms with van der Waals surface area (Å²) >= 11 is 1.56. The minimum atomic E-state index is -0.190. The number of thiophene rings is 1. The van der Waals surface area contributed by atoms with E-state index in [9.17, 15) is 4.79 Å². The predicted molar refractivity (Wildman–Crippen MR) is 123 cm³/mol. The molecule has 0 aliphatic heterocycles. The molecule has 0 aliphatic rings. The lowest BCUT2D eigenvalue weighted by Gasteiger charge is -2.05. The molecule has 0 unspecified atom stereocenters. The average molecular weight is 411 g/mol. The van der Waals surface area contributed by atoms with E-state index in [1.165, 1.54) is 12.5 Å². The maximum absolute atomic E-state index is 12.4. The van der Waals surface area contributed by atoms with E-state index >= 15 is 0 Å². The van der Waals surface area contributed by atoms with Crippen LogP contribution in [0.1, 0.15) is 11.1 Å². The normalized spacial score (nSPS) is 11.5. The molecule has 0 bridgehead atoms. The Morgan fingerprint density at radius 2 is 1.97 bits per heavy atom. The third-order valence-corrected chi connectivity index (χ3v) is 5.74. The highest BCUT2D eigenvalue weighted by Crippen LogP contribution is 2.36. The van der Waals surface area contributed by atoms with Gasteiger partial charge in [0.1, 0.15) is 11.2 Å². The Morgan fingerprint density at radius 3 is 2.83 bits per heavy atom. The second-order valence-electron chi connectivity index (χ2n) is 6.93. The zero-order valence-corrected chi connectivity index (χ0v) is 16.9. The van der Waals surface area contributed by atoms with Crippen LogP contribution in [-0.2, 0) is 0 Å². The van der Waals surface area contributed by atoms with E-state index in [4.69, 9.17) is 0 Å². The molecule has 2 N–H and O–H groups in total. The van der Waals surface area contributed by atoms with Crippen LogP contribution >= 0.6 is 11.3 Å². The van der Waals surface area contributed by atoms with Gasteiger partial charge in [-0.05, 0) is 36.1 Å². The van der Waals surface area contributed by atoms with Crippen molar-refractivity contribution in [3.63, 3.8) is 0 Å². The van der Waals surface area contributed by atoms with Crippen LogP contribution in [0.15, 0.2) is 76.2 Å². The molecule has 146 valence electrons. The van der Waals surface area contributed by atoms with Gasteiger partial charge in [0.05, 0.1) is 17.2 Å². The predicted octanol–water partition coefficient (Wildman–Crippen LogP) is 4.95. The average Bonchev–Trinajstić information content (AvgIpc) is 3.20. The molecule has 0 amide bonds. The number of nitrogens with zero attached hydrogens (tertiary/aromatic N) is 3. The third-order valence-electron chi connectivity index (χ3n) is 4.86. The summed E-state index contributed by atoms with van der Waals surface area (Å²) in [5, 5.41) is 8.23. The van der Waals surface area contributed by atoms with Gasteiger partial charge in [-0.25, -0.2) is 9.97 Å². The van der Waals surface area contributed by atoms with Gasteiger partial charge in [-0.15, -0.1) is 11.3 Å². The van der Waals surface area contributed by atoms with Crippen molar-refractivity contribution in [2.45, 2.75) is 6.92 Å². The van der Waals surface area contributed by atoms with Crippen molar-refractivity contribution in [3.8, 4) is 11.1 Å². The van der Waals surface area contributed by atoms with Gasteiger partial charge in [0.25, 0.3) is 5.56 Å². The van der Waals surface area contributed by atoms with Gasteiger partial charge in [0.15, 0.2) is 5.82 Å². The largest absolute Gasteiger partial charge is 0.321 e. The maximum Gasteiger partial charge on any atom is 0.257 e. The number of hydrogen-bond acceptors (Lipinski definition) is 6. The van der Waals surface area contributed by atoms with Crippen molar-refractivity contribution in [2.24, 2.45) is 5.10 Å². The Hall–Kier alpha value is -3.84. The topological polar surface area (TPSA) is 83.0 Å². The molecular formula is C23H17N5OS. The number of pyridine rings is 1. The summed E-state index contributed by atoms with van der Waals surface area (Å²) in [6, 6.07) is 17.8. The molecule has 3 aromatic heterocycles. The highest BCUT2D eigenvalue weighted by atomic mass is 32.1. The number of hydrazone groups is 1. The lowest BCUT2D eigenvalue weighted by atomic mass is 10.1. The SMILES string of the molecule is Cc1ccc2[nH]c(=O)c(/C=N/Nc3ncnc4scc(-c5ccccc5)c34)cc2c1. The van der Waals surface area contributed by atoms with E-state index in [1.807, 2.05) is 49.4 Å². The van der Waals surface area contributed by atoms with Crippen molar-refractivity contribution in [3.05, 3.63) is 87.8 Å². The summed E-state index contributed by atoms with van der Waals surface area (Å²) in [6.07, 6.45) is 3.03. The molecule has 0 spiro atoms. The number of anilines is 1. The van der Waals surface area contributed by atoms with Crippen LogP contribution < -0.4 is 11.0 Å². The number of H-pyrrole nitrogens is 1. The van der Waals surface area contributed by atoms with Crippen LogP contribution in [0.3, 0.4) is 0 Å².